The largest absolute Gasteiger partial charge is 0.466 e. The number of esters is 1. The van der Waals surface area contributed by atoms with Gasteiger partial charge in [0, 0.05) is 6.42 Å². The minimum atomic E-state index is -0.543. The molecule has 76 valence electrons. The molecule has 0 aliphatic rings. The minimum Gasteiger partial charge on any atom is -0.466 e. The highest BCUT2D eigenvalue weighted by Crippen LogP contribution is 1.96. The van der Waals surface area contributed by atoms with E-state index in [9.17, 15) is 9.59 Å². The molecule has 1 atom stereocenters. The predicted octanol–water partition coefficient (Wildman–Crippen LogP) is 0.636. The fourth-order valence-electron chi connectivity index (χ4n) is 0.755. The Bertz CT molecular complexity index is 159. The SMILES string of the molecule is CCCCOC(=O)CCC(N)C=O. The number of hydrogen-bond donors (Lipinski definition) is 1. The molecular formula is C9H17NO3. The van der Waals surface area contributed by atoms with Gasteiger partial charge in [-0.15, -0.1) is 0 Å². The van der Waals surface area contributed by atoms with Crippen molar-refractivity contribution in [2.45, 2.75) is 38.6 Å². The Morgan fingerprint density at radius 1 is 1.62 bits per heavy atom. The Labute approximate surface area is 78.4 Å². The van der Waals surface area contributed by atoms with Gasteiger partial charge in [-0.3, -0.25) is 4.79 Å². The van der Waals surface area contributed by atoms with Crippen LogP contribution in [0.5, 0.6) is 0 Å². The van der Waals surface area contributed by atoms with Gasteiger partial charge in [-0.1, -0.05) is 13.3 Å². The molecule has 0 spiro atoms. The smallest absolute Gasteiger partial charge is 0.305 e. The fraction of sp³-hybridized carbons (Fsp3) is 0.778. The van der Waals surface area contributed by atoms with Gasteiger partial charge in [0.2, 0.25) is 0 Å². The molecule has 1 unspecified atom stereocenters. The van der Waals surface area contributed by atoms with Gasteiger partial charge in [-0.2, -0.15) is 0 Å². The zero-order chi connectivity index (χ0) is 10.1. The summed E-state index contributed by atoms with van der Waals surface area (Å²) in [6.45, 7) is 2.49. The molecule has 0 radical (unpaired) electrons. The summed E-state index contributed by atoms with van der Waals surface area (Å²) >= 11 is 0. The van der Waals surface area contributed by atoms with Crippen molar-refractivity contribution < 1.29 is 14.3 Å². The van der Waals surface area contributed by atoms with Crippen molar-refractivity contribution in [2.75, 3.05) is 6.61 Å². The van der Waals surface area contributed by atoms with Crippen LogP contribution in [-0.4, -0.2) is 24.9 Å². The number of rotatable bonds is 7. The zero-order valence-corrected chi connectivity index (χ0v) is 7.99. The second kappa shape index (κ2) is 7.73. The molecule has 0 rings (SSSR count). The van der Waals surface area contributed by atoms with Crippen LogP contribution in [0.25, 0.3) is 0 Å². The lowest BCUT2D eigenvalue weighted by molar-refractivity contribution is -0.143. The zero-order valence-electron chi connectivity index (χ0n) is 7.99. The molecule has 0 saturated carbocycles. The standard InChI is InChI=1S/C9H17NO3/c1-2-3-6-13-9(12)5-4-8(10)7-11/h7-8H,2-6,10H2,1H3. The van der Waals surface area contributed by atoms with Crippen molar-refractivity contribution in [3.8, 4) is 0 Å². The monoisotopic (exact) mass is 187 g/mol. The Morgan fingerprint density at radius 2 is 2.31 bits per heavy atom. The number of unbranched alkanes of at least 4 members (excludes halogenated alkanes) is 1. The third-order valence-corrected chi connectivity index (χ3v) is 1.62. The van der Waals surface area contributed by atoms with E-state index in [2.05, 4.69) is 0 Å². The van der Waals surface area contributed by atoms with Gasteiger partial charge >= 0.3 is 5.97 Å². The van der Waals surface area contributed by atoms with E-state index < -0.39 is 6.04 Å². The van der Waals surface area contributed by atoms with Crippen LogP contribution in [0.3, 0.4) is 0 Å². The molecule has 2 N–H and O–H groups in total. The van der Waals surface area contributed by atoms with Gasteiger partial charge in [0.25, 0.3) is 0 Å². The molecule has 0 bridgehead atoms. The first-order valence-corrected chi connectivity index (χ1v) is 4.57. The topological polar surface area (TPSA) is 69.4 Å². The van der Waals surface area contributed by atoms with Crippen LogP contribution < -0.4 is 5.73 Å². The fourth-order valence-corrected chi connectivity index (χ4v) is 0.755. The first-order valence-electron chi connectivity index (χ1n) is 4.57. The third-order valence-electron chi connectivity index (χ3n) is 1.62. The average molecular weight is 187 g/mol. The molecular weight excluding hydrogens is 170 g/mol. The summed E-state index contributed by atoms with van der Waals surface area (Å²) in [6.07, 6.45) is 3.12. The normalized spacial score (nSPS) is 12.2. The van der Waals surface area contributed by atoms with E-state index >= 15 is 0 Å². The van der Waals surface area contributed by atoms with E-state index in [4.69, 9.17) is 10.5 Å². The molecule has 0 heterocycles. The van der Waals surface area contributed by atoms with E-state index in [0.29, 0.717) is 19.3 Å². The van der Waals surface area contributed by atoms with Gasteiger partial charge in [0.1, 0.15) is 6.29 Å². The van der Waals surface area contributed by atoms with Crippen LogP contribution in [0.15, 0.2) is 0 Å². The maximum Gasteiger partial charge on any atom is 0.305 e. The van der Waals surface area contributed by atoms with Crippen LogP contribution in [0.2, 0.25) is 0 Å². The van der Waals surface area contributed by atoms with Gasteiger partial charge < -0.3 is 15.3 Å². The Hall–Kier alpha value is -0.900. The number of nitrogens with two attached hydrogens (primary N) is 1. The molecule has 0 fully saturated rings. The molecule has 0 amide bonds. The summed E-state index contributed by atoms with van der Waals surface area (Å²) in [7, 11) is 0. The average Bonchev–Trinajstić information content (AvgIpc) is 2.14. The summed E-state index contributed by atoms with van der Waals surface area (Å²) in [4.78, 5) is 21.0. The van der Waals surface area contributed by atoms with E-state index in [1.165, 1.54) is 0 Å². The number of carbonyl (C=O) groups is 2. The Kier molecular flexibility index (Phi) is 7.20. The quantitative estimate of drug-likeness (QED) is 0.360. The first-order chi connectivity index (χ1) is 6.20. The van der Waals surface area contributed by atoms with Crippen LogP contribution in [0.4, 0.5) is 0 Å². The number of carbonyl (C=O) groups excluding carboxylic acids is 2. The molecule has 0 aromatic rings. The Balaban J connectivity index is 3.35. The first kappa shape index (κ1) is 12.1. The lowest BCUT2D eigenvalue weighted by atomic mass is 10.2. The van der Waals surface area contributed by atoms with E-state index in [0.717, 1.165) is 12.8 Å². The Morgan fingerprint density at radius 3 is 2.85 bits per heavy atom. The summed E-state index contributed by atoms with van der Waals surface area (Å²) in [5.41, 5.74) is 5.30. The second-order valence-corrected chi connectivity index (χ2v) is 2.91. The van der Waals surface area contributed by atoms with Crippen molar-refractivity contribution in [2.24, 2.45) is 5.73 Å². The highest BCUT2D eigenvalue weighted by Gasteiger charge is 2.06. The maximum absolute atomic E-state index is 10.9. The summed E-state index contributed by atoms with van der Waals surface area (Å²) < 4.78 is 4.87. The van der Waals surface area contributed by atoms with Gasteiger partial charge in [0.15, 0.2) is 0 Å². The van der Waals surface area contributed by atoms with Crippen molar-refractivity contribution in [1.82, 2.24) is 0 Å². The molecule has 4 heteroatoms. The van der Waals surface area contributed by atoms with Crippen LogP contribution in [-0.2, 0) is 14.3 Å². The maximum atomic E-state index is 10.9. The highest BCUT2D eigenvalue weighted by atomic mass is 16.5. The van der Waals surface area contributed by atoms with Crippen molar-refractivity contribution in [3.05, 3.63) is 0 Å². The number of hydrogen-bond acceptors (Lipinski definition) is 4. The summed E-state index contributed by atoms with van der Waals surface area (Å²) in [5, 5.41) is 0. The molecule has 0 aliphatic carbocycles. The van der Waals surface area contributed by atoms with Gasteiger partial charge in [0.05, 0.1) is 12.6 Å². The molecule has 0 aliphatic heterocycles. The van der Waals surface area contributed by atoms with E-state index in [1.54, 1.807) is 0 Å². The van der Waals surface area contributed by atoms with Crippen LogP contribution >= 0.6 is 0 Å². The second-order valence-electron chi connectivity index (χ2n) is 2.91. The summed E-state index contributed by atoms with van der Waals surface area (Å²) in [6, 6.07) is -0.543. The van der Waals surface area contributed by atoms with E-state index in [-0.39, 0.29) is 12.4 Å². The third kappa shape index (κ3) is 7.46. The summed E-state index contributed by atoms with van der Waals surface area (Å²) in [5.74, 6) is -0.272. The lowest BCUT2D eigenvalue weighted by Crippen LogP contribution is -2.22. The van der Waals surface area contributed by atoms with Crippen molar-refractivity contribution in [3.63, 3.8) is 0 Å². The van der Waals surface area contributed by atoms with Gasteiger partial charge in [-0.05, 0) is 12.8 Å². The predicted molar refractivity (Wildman–Crippen MR) is 49.1 cm³/mol. The molecule has 4 nitrogen and oxygen atoms in total. The molecule has 13 heavy (non-hydrogen) atoms. The minimum absolute atomic E-state index is 0.226. The number of aldehydes is 1. The number of ether oxygens (including phenoxy) is 1. The lowest BCUT2D eigenvalue weighted by Gasteiger charge is -2.04. The van der Waals surface area contributed by atoms with E-state index in [1.807, 2.05) is 6.92 Å². The van der Waals surface area contributed by atoms with Crippen LogP contribution in [0, 0.1) is 0 Å². The molecule has 0 aromatic carbocycles. The molecule has 0 aromatic heterocycles. The van der Waals surface area contributed by atoms with Crippen molar-refractivity contribution >= 4 is 12.3 Å². The highest BCUT2D eigenvalue weighted by molar-refractivity contribution is 5.70. The molecule has 0 saturated heterocycles. The van der Waals surface area contributed by atoms with Crippen molar-refractivity contribution in [1.29, 1.82) is 0 Å². The van der Waals surface area contributed by atoms with Gasteiger partial charge in [-0.25, -0.2) is 0 Å². The van der Waals surface area contributed by atoms with Crippen LogP contribution in [0.1, 0.15) is 32.6 Å².